The van der Waals surface area contributed by atoms with Crippen molar-refractivity contribution in [3.8, 4) is 0 Å². The van der Waals surface area contributed by atoms with Gasteiger partial charge < -0.3 is 0 Å². The van der Waals surface area contributed by atoms with Crippen molar-refractivity contribution in [2.75, 3.05) is 0 Å². The van der Waals surface area contributed by atoms with Gasteiger partial charge in [-0.05, 0) is 12.1 Å². The van der Waals surface area contributed by atoms with Crippen LogP contribution in [-0.2, 0) is 0 Å². The van der Waals surface area contributed by atoms with Gasteiger partial charge in [-0.15, -0.1) is 0 Å². The number of rotatable bonds is 1. The lowest BCUT2D eigenvalue weighted by Gasteiger charge is -2.12. The molecule has 2 atom stereocenters. The third kappa shape index (κ3) is 1.81. The molecule has 0 spiro atoms. The Bertz CT molecular complexity index is 897. The van der Waals surface area contributed by atoms with Crippen LogP contribution < -0.4 is 0 Å². The van der Waals surface area contributed by atoms with Crippen molar-refractivity contribution in [1.29, 1.82) is 0 Å². The van der Waals surface area contributed by atoms with E-state index in [2.05, 4.69) is 0 Å². The second-order valence-corrected chi connectivity index (χ2v) is 6.55. The highest BCUT2D eigenvalue weighted by molar-refractivity contribution is 6.43. The molecule has 4 rings (SSSR count). The van der Waals surface area contributed by atoms with Crippen LogP contribution in [0.4, 0.5) is 0 Å². The topological polar surface area (TPSA) is 68.3 Å². The highest BCUT2D eigenvalue weighted by atomic mass is 35.5. The maximum Gasteiger partial charge on any atom is 0.177 e. The highest BCUT2D eigenvalue weighted by Gasteiger charge is 2.53. The van der Waals surface area contributed by atoms with E-state index in [4.69, 9.17) is 23.2 Å². The summed E-state index contributed by atoms with van der Waals surface area (Å²) in [7, 11) is 0. The zero-order valence-electron chi connectivity index (χ0n) is 12.0. The predicted molar refractivity (Wildman–Crippen MR) is 87.2 cm³/mol. The molecule has 0 heterocycles. The van der Waals surface area contributed by atoms with Crippen LogP contribution in [0.15, 0.2) is 36.4 Å². The number of benzene rings is 2. The average molecular weight is 359 g/mol. The second kappa shape index (κ2) is 5.10. The largest absolute Gasteiger partial charge is 0.293 e. The Kier molecular flexibility index (Phi) is 3.24. The molecule has 118 valence electrons. The summed E-state index contributed by atoms with van der Waals surface area (Å²) in [6, 6.07) is 9.06. The monoisotopic (exact) mass is 358 g/mol. The van der Waals surface area contributed by atoms with Crippen LogP contribution in [0.2, 0.25) is 10.0 Å². The molecule has 2 aliphatic rings. The number of carbonyl (C=O) groups is 4. The third-order valence-corrected chi connectivity index (χ3v) is 5.14. The Morgan fingerprint density at radius 2 is 0.958 bits per heavy atom. The molecular weight excluding hydrogens is 351 g/mol. The van der Waals surface area contributed by atoms with E-state index in [-0.39, 0.29) is 32.3 Å². The molecule has 0 saturated heterocycles. The minimum Gasteiger partial charge on any atom is -0.293 e. The summed E-state index contributed by atoms with van der Waals surface area (Å²) in [5, 5.41) is 0.281. The van der Waals surface area contributed by atoms with Crippen LogP contribution in [-0.4, -0.2) is 23.1 Å². The number of hydrogen-bond acceptors (Lipinski definition) is 4. The zero-order valence-corrected chi connectivity index (χ0v) is 13.5. The SMILES string of the molecule is O=C1c2cccc(Cl)c2C(=O)C1C1C(=O)c2cccc(Cl)c2C1=O. The van der Waals surface area contributed by atoms with Gasteiger partial charge in [0, 0.05) is 22.3 Å². The summed E-state index contributed by atoms with van der Waals surface area (Å²) in [5.41, 5.74) is 0.467. The number of fused-ring (bicyclic) bond motifs is 2. The summed E-state index contributed by atoms with van der Waals surface area (Å²) in [6.45, 7) is 0. The molecule has 2 aromatic carbocycles. The molecule has 0 amide bonds. The molecular formula is C18H8Cl2O4. The summed E-state index contributed by atoms with van der Waals surface area (Å²) >= 11 is 12.0. The molecule has 6 heteroatoms. The number of hydrogen-bond donors (Lipinski definition) is 0. The quantitative estimate of drug-likeness (QED) is 0.729. The summed E-state index contributed by atoms with van der Waals surface area (Å²) in [5.74, 6) is -5.01. The molecule has 2 aromatic rings. The molecule has 4 nitrogen and oxygen atoms in total. The first-order valence-corrected chi connectivity index (χ1v) is 7.93. The lowest BCUT2D eigenvalue weighted by atomic mass is 9.84. The van der Waals surface area contributed by atoms with Crippen LogP contribution in [0.1, 0.15) is 41.4 Å². The molecule has 0 bridgehead atoms. The van der Waals surface area contributed by atoms with Crippen molar-refractivity contribution in [1.82, 2.24) is 0 Å². The van der Waals surface area contributed by atoms with Gasteiger partial charge >= 0.3 is 0 Å². The first kappa shape index (κ1) is 15.2. The van der Waals surface area contributed by atoms with E-state index in [1.54, 1.807) is 12.1 Å². The van der Waals surface area contributed by atoms with Crippen molar-refractivity contribution < 1.29 is 19.2 Å². The van der Waals surface area contributed by atoms with Gasteiger partial charge in [-0.2, -0.15) is 0 Å². The normalized spacial score (nSPS) is 22.1. The van der Waals surface area contributed by atoms with Gasteiger partial charge in [0.1, 0.15) is 11.8 Å². The lowest BCUT2D eigenvalue weighted by Crippen LogP contribution is -2.33. The molecule has 0 aliphatic heterocycles. The Morgan fingerprint density at radius 1 is 0.583 bits per heavy atom. The first-order valence-electron chi connectivity index (χ1n) is 7.17. The standard InChI is InChI=1S/C18H8Cl2O4/c19-9-5-1-3-7-11(9)17(23)13(15(7)21)14-16(22)8-4-2-6-10(20)12(8)18(14)24/h1-6,13-14H. The van der Waals surface area contributed by atoms with E-state index in [9.17, 15) is 19.2 Å². The summed E-state index contributed by atoms with van der Waals surface area (Å²) < 4.78 is 0. The Balaban J connectivity index is 1.85. The predicted octanol–water partition coefficient (Wildman–Crippen LogP) is 3.68. The fourth-order valence-electron chi connectivity index (χ4n) is 3.45. The molecule has 0 radical (unpaired) electrons. The Hall–Kier alpha value is -2.30. The van der Waals surface area contributed by atoms with E-state index in [0.29, 0.717) is 0 Å². The minimum atomic E-state index is -1.37. The molecule has 0 fully saturated rings. The van der Waals surface area contributed by atoms with E-state index in [1.807, 2.05) is 0 Å². The number of ketones is 4. The van der Waals surface area contributed by atoms with Crippen LogP contribution in [0.5, 0.6) is 0 Å². The molecule has 0 aromatic heterocycles. The van der Waals surface area contributed by atoms with Gasteiger partial charge in [-0.25, -0.2) is 0 Å². The van der Waals surface area contributed by atoms with Crippen molar-refractivity contribution in [2.24, 2.45) is 11.8 Å². The Morgan fingerprint density at radius 3 is 1.29 bits per heavy atom. The van der Waals surface area contributed by atoms with Crippen LogP contribution >= 0.6 is 23.2 Å². The summed E-state index contributed by atoms with van der Waals surface area (Å²) in [6.07, 6.45) is 0. The van der Waals surface area contributed by atoms with Crippen LogP contribution in [0.25, 0.3) is 0 Å². The van der Waals surface area contributed by atoms with Crippen molar-refractivity contribution >= 4 is 46.3 Å². The van der Waals surface area contributed by atoms with E-state index < -0.39 is 35.0 Å². The fraction of sp³-hybridized carbons (Fsp3) is 0.111. The number of halogens is 2. The molecule has 24 heavy (non-hydrogen) atoms. The highest BCUT2D eigenvalue weighted by Crippen LogP contribution is 2.42. The van der Waals surface area contributed by atoms with Gasteiger partial charge in [0.2, 0.25) is 0 Å². The van der Waals surface area contributed by atoms with Gasteiger partial charge in [0.25, 0.3) is 0 Å². The second-order valence-electron chi connectivity index (χ2n) is 5.74. The minimum absolute atomic E-state index is 0.0804. The fourth-order valence-corrected chi connectivity index (χ4v) is 3.98. The molecule has 2 unspecified atom stereocenters. The molecule has 0 N–H and O–H groups in total. The van der Waals surface area contributed by atoms with E-state index in [0.717, 1.165) is 0 Å². The number of carbonyl (C=O) groups excluding carboxylic acids is 4. The van der Waals surface area contributed by atoms with Crippen molar-refractivity contribution in [3.05, 3.63) is 68.7 Å². The average Bonchev–Trinajstić information content (AvgIpc) is 2.94. The molecule has 2 aliphatic carbocycles. The van der Waals surface area contributed by atoms with Crippen LogP contribution in [0, 0.1) is 11.8 Å². The lowest BCUT2D eigenvalue weighted by molar-refractivity contribution is 0.0663. The van der Waals surface area contributed by atoms with Crippen LogP contribution in [0.3, 0.4) is 0 Å². The van der Waals surface area contributed by atoms with Gasteiger partial charge in [-0.3, -0.25) is 19.2 Å². The van der Waals surface area contributed by atoms with Gasteiger partial charge in [0.05, 0.1) is 10.0 Å². The maximum absolute atomic E-state index is 12.7. The van der Waals surface area contributed by atoms with Gasteiger partial charge in [0.15, 0.2) is 23.1 Å². The Labute approximate surface area is 146 Å². The number of Topliss-reactive ketones (excluding diaryl/α,β-unsaturated/α-hetero) is 4. The van der Waals surface area contributed by atoms with Crippen molar-refractivity contribution in [2.45, 2.75) is 0 Å². The molecule has 0 saturated carbocycles. The maximum atomic E-state index is 12.7. The smallest absolute Gasteiger partial charge is 0.177 e. The van der Waals surface area contributed by atoms with Gasteiger partial charge in [-0.1, -0.05) is 47.5 Å². The first-order chi connectivity index (χ1) is 11.4. The summed E-state index contributed by atoms with van der Waals surface area (Å²) in [4.78, 5) is 50.7. The van der Waals surface area contributed by atoms with E-state index in [1.165, 1.54) is 24.3 Å². The third-order valence-electron chi connectivity index (χ3n) is 4.51. The zero-order chi connectivity index (χ0) is 17.2. The van der Waals surface area contributed by atoms with Crippen molar-refractivity contribution in [3.63, 3.8) is 0 Å². The van der Waals surface area contributed by atoms with E-state index >= 15 is 0 Å².